The highest BCUT2D eigenvalue weighted by molar-refractivity contribution is 5.71. The number of hydrogen-bond donors (Lipinski definition) is 0. The van der Waals surface area contributed by atoms with E-state index in [0.29, 0.717) is 13.2 Å². The molecule has 1 rings (SSSR count). The van der Waals surface area contributed by atoms with E-state index in [1.807, 2.05) is 32.0 Å². The van der Waals surface area contributed by atoms with Crippen LogP contribution in [0.15, 0.2) is 24.4 Å². The largest absolute Gasteiger partial charge is 0.465 e. The van der Waals surface area contributed by atoms with E-state index in [-0.39, 0.29) is 5.97 Å². The van der Waals surface area contributed by atoms with Gasteiger partial charge >= 0.3 is 5.97 Å². The lowest BCUT2D eigenvalue weighted by atomic mass is 10.2. The molecule has 0 bridgehead atoms. The van der Waals surface area contributed by atoms with Gasteiger partial charge < -0.3 is 4.74 Å². The highest BCUT2D eigenvalue weighted by atomic mass is 16.5. The summed E-state index contributed by atoms with van der Waals surface area (Å²) in [5.74, 6) is -0.157. The summed E-state index contributed by atoms with van der Waals surface area (Å²) in [5, 5.41) is 0. The van der Waals surface area contributed by atoms with E-state index in [0.717, 1.165) is 25.2 Å². The molecule has 94 valence electrons. The molecule has 0 saturated heterocycles. The van der Waals surface area contributed by atoms with Crippen molar-refractivity contribution in [2.24, 2.45) is 0 Å². The van der Waals surface area contributed by atoms with Gasteiger partial charge in [-0.15, -0.1) is 0 Å². The van der Waals surface area contributed by atoms with Crippen molar-refractivity contribution in [1.82, 2.24) is 9.88 Å². The van der Waals surface area contributed by atoms with Crippen LogP contribution in [0.2, 0.25) is 0 Å². The maximum absolute atomic E-state index is 11.3. The van der Waals surface area contributed by atoms with Crippen molar-refractivity contribution < 1.29 is 9.53 Å². The van der Waals surface area contributed by atoms with E-state index < -0.39 is 0 Å². The highest BCUT2D eigenvalue weighted by Crippen LogP contribution is 1.98. The normalized spacial score (nSPS) is 10.5. The van der Waals surface area contributed by atoms with Gasteiger partial charge in [0.25, 0.3) is 0 Å². The number of carbonyl (C=O) groups is 1. The van der Waals surface area contributed by atoms with Gasteiger partial charge in [-0.25, -0.2) is 0 Å². The van der Waals surface area contributed by atoms with E-state index in [4.69, 9.17) is 4.74 Å². The molecule has 0 spiro atoms. The van der Waals surface area contributed by atoms with Crippen LogP contribution in [-0.4, -0.2) is 42.1 Å². The molecule has 0 aliphatic carbocycles. The van der Waals surface area contributed by atoms with Gasteiger partial charge in [0.2, 0.25) is 0 Å². The van der Waals surface area contributed by atoms with Gasteiger partial charge in [0, 0.05) is 24.9 Å². The second kappa shape index (κ2) is 7.79. The van der Waals surface area contributed by atoms with Crippen molar-refractivity contribution in [2.75, 3.05) is 26.2 Å². The minimum Gasteiger partial charge on any atom is -0.465 e. The molecule has 0 unspecified atom stereocenters. The van der Waals surface area contributed by atoms with E-state index in [9.17, 15) is 4.79 Å². The van der Waals surface area contributed by atoms with Gasteiger partial charge in [0.15, 0.2) is 0 Å². The number of esters is 1. The molecule has 1 aromatic heterocycles. The molecule has 0 aliphatic heterocycles. The summed E-state index contributed by atoms with van der Waals surface area (Å²) in [6.07, 6.45) is 2.64. The minimum absolute atomic E-state index is 0.157. The zero-order chi connectivity index (χ0) is 12.5. The van der Waals surface area contributed by atoms with E-state index in [1.54, 1.807) is 6.20 Å². The van der Waals surface area contributed by atoms with E-state index in [2.05, 4.69) is 9.88 Å². The van der Waals surface area contributed by atoms with Crippen LogP contribution in [-0.2, 0) is 16.0 Å². The fourth-order valence-electron chi connectivity index (χ4n) is 1.56. The lowest BCUT2D eigenvalue weighted by Gasteiger charge is -2.18. The summed E-state index contributed by atoms with van der Waals surface area (Å²) >= 11 is 0. The first-order valence-electron chi connectivity index (χ1n) is 6.04. The Bertz CT molecular complexity index is 327. The third-order valence-corrected chi connectivity index (χ3v) is 2.52. The Morgan fingerprint density at radius 2 is 2.24 bits per heavy atom. The third kappa shape index (κ3) is 5.45. The van der Waals surface area contributed by atoms with Crippen molar-refractivity contribution in [3.8, 4) is 0 Å². The fraction of sp³-hybridized carbons (Fsp3) is 0.538. The Labute approximate surface area is 103 Å². The van der Waals surface area contributed by atoms with Crippen molar-refractivity contribution in [1.29, 1.82) is 0 Å². The number of hydrogen-bond acceptors (Lipinski definition) is 4. The molecule has 0 radical (unpaired) electrons. The quantitative estimate of drug-likeness (QED) is 0.673. The minimum atomic E-state index is -0.157. The van der Waals surface area contributed by atoms with Crippen LogP contribution in [0, 0.1) is 0 Å². The van der Waals surface area contributed by atoms with Gasteiger partial charge in [0.1, 0.15) is 0 Å². The number of carbonyl (C=O) groups excluding carboxylic acids is 1. The van der Waals surface area contributed by atoms with Gasteiger partial charge in [0.05, 0.1) is 13.2 Å². The summed E-state index contributed by atoms with van der Waals surface area (Å²) in [5.41, 5.74) is 1.05. The zero-order valence-electron chi connectivity index (χ0n) is 10.6. The summed E-state index contributed by atoms with van der Waals surface area (Å²) in [6.45, 7) is 6.32. The van der Waals surface area contributed by atoms with Crippen molar-refractivity contribution >= 4 is 5.97 Å². The van der Waals surface area contributed by atoms with Crippen LogP contribution < -0.4 is 0 Å². The van der Waals surface area contributed by atoms with Crippen molar-refractivity contribution in [3.63, 3.8) is 0 Å². The summed E-state index contributed by atoms with van der Waals surface area (Å²) < 4.78 is 4.93. The molecule has 1 aromatic rings. The van der Waals surface area contributed by atoms with Gasteiger partial charge in [-0.05, 0) is 25.6 Å². The zero-order valence-corrected chi connectivity index (χ0v) is 10.6. The maximum atomic E-state index is 11.3. The molecule has 0 atom stereocenters. The number of aromatic nitrogens is 1. The SMILES string of the molecule is CCOC(=O)CN(CC)CCc1ccccn1. The molecule has 0 fully saturated rings. The number of rotatable bonds is 7. The molecular formula is C13H20N2O2. The Balaban J connectivity index is 2.34. The summed E-state index contributed by atoms with van der Waals surface area (Å²) in [6, 6.07) is 5.88. The Morgan fingerprint density at radius 3 is 2.82 bits per heavy atom. The Kier molecular flexibility index (Phi) is 6.25. The maximum Gasteiger partial charge on any atom is 0.320 e. The van der Waals surface area contributed by atoms with Crippen molar-refractivity contribution in [2.45, 2.75) is 20.3 Å². The second-order valence-electron chi connectivity index (χ2n) is 3.74. The molecule has 4 nitrogen and oxygen atoms in total. The third-order valence-electron chi connectivity index (χ3n) is 2.52. The highest BCUT2D eigenvalue weighted by Gasteiger charge is 2.09. The number of nitrogens with zero attached hydrogens (tertiary/aromatic N) is 2. The first-order valence-corrected chi connectivity index (χ1v) is 6.04. The molecule has 17 heavy (non-hydrogen) atoms. The van der Waals surface area contributed by atoms with Gasteiger partial charge in [-0.2, -0.15) is 0 Å². The number of likely N-dealkylation sites (N-methyl/N-ethyl adjacent to an activating group) is 1. The Morgan fingerprint density at radius 1 is 1.41 bits per heavy atom. The lowest BCUT2D eigenvalue weighted by Crippen LogP contribution is -2.32. The van der Waals surface area contributed by atoms with Crippen LogP contribution in [0.4, 0.5) is 0 Å². The summed E-state index contributed by atoms with van der Waals surface area (Å²) in [4.78, 5) is 17.7. The summed E-state index contributed by atoms with van der Waals surface area (Å²) in [7, 11) is 0. The first-order chi connectivity index (χ1) is 8.26. The van der Waals surface area contributed by atoms with Crippen LogP contribution >= 0.6 is 0 Å². The molecule has 0 aromatic carbocycles. The van der Waals surface area contributed by atoms with Crippen LogP contribution in [0.5, 0.6) is 0 Å². The number of ether oxygens (including phenoxy) is 1. The van der Waals surface area contributed by atoms with Gasteiger partial charge in [-0.3, -0.25) is 14.7 Å². The fourth-order valence-corrected chi connectivity index (χ4v) is 1.56. The lowest BCUT2D eigenvalue weighted by molar-refractivity contribution is -0.144. The molecule has 0 aliphatic rings. The predicted molar refractivity (Wildman–Crippen MR) is 66.7 cm³/mol. The smallest absolute Gasteiger partial charge is 0.320 e. The molecule has 1 heterocycles. The molecule has 0 amide bonds. The molecular weight excluding hydrogens is 216 g/mol. The topological polar surface area (TPSA) is 42.4 Å². The van der Waals surface area contributed by atoms with E-state index in [1.165, 1.54) is 0 Å². The van der Waals surface area contributed by atoms with Crippen molar-refractivity contribution in [3.05, 3.63) is 30.1 Å². The Hall–Kier alpha value is -1.42. The molecule has 4 heteroatoms. The van der Waals surface area contributed by atoms with Gasteiger partial charge in [-0.1, -0.05) is 13.0 Å². The van der Waals surface area contributed by atoms with E-state index >= 15 is 0 Å². The average Bonchev–Trinajstić information content (AvgIpc) is 2.36. The second-order valence-corrected chi connectivity index (χ2v) is 3.74. The standard InChI is InChI=1S/C13H20N2O2/c1-3-15(11-13(16)17-4-2)10-8-12-7-5-6-9-14-12/h5-7,9H,3-4,8,10-11H2,1-2H3. The number of pyridine rings is 1. The predicted octanol–water partition coefficient (Wildman–Crippen LogP) is 1.51. The molecule has 0 saturated carbocycles. The van der Waals surface area contributed by atoms with Crippen LogP contribution in [0.25, 0.3) is 0 Å². The van der Waals surface area contributed by atoms with Crippen LogP contribution in [0.3, 0.4) is 0 Å². The first kappa shape index (κ1) is 13.6. The van der Waals surface area contributed by atoms with Crippen LogP contribution in [0.1, 0.15) is 19.5 Å². The average molecular weight is 236 g/mol. The molecule has 0 N–H and O–H groups in total. The monoisotopic (exact) mass is 236 g/mol.